The topological polar surface area (TPSA) is 102 Å². The van der Waals surface area contributed by atoms with Crippen molar-refractivity contribution in [2.24, 2.45) is 0 Å². The normalized spacial score (nSPS) is 20.3. The number of alkyl halides is 3. The van der Waals surface area contributed by atoms with Crippen LogP contribution in [0.25, 0.3) is 0 Å². The van der Waals surface area contributed by atoms with Crippen LogP contribution in [0.5, 0.6) is 11.5 Å². The Labute approximate surface area is 252 Å². The van der Waals surface area contributed by atoms with Crippen LogP contribution < -0.4 is 25.0 Å². The van der Waals surface area contributed by atoms with E-state index in [0.29, 0.717) is 36.0 Å². The molecule has 230 valence electrons. The van der Waals surface area contributed by atoms with Gasteiger partial charge in [-0.3, -0.25) is 9.59 Å². The molecule has 4 rings (SSSR count). The zero-order valence-corrected chi connectivity index (χ0v) is 24.9. The molecule has 0 saturated carbocycles. The monoisotopic (exact) mass is 632 g/mol. The maximum Gasteiger partial charge on any atom is 0.405 e. The minimum absolute atomic E-state index is 0.0502. The number of benzene rings is 1. The number of fused-ring (bicyclic) bond motifs is 2. The number of nitrogens with zero attached hydrogens (tertiary/aromatic N) is 2. The number of piperidine rings is 1. The highest BCUT2D eigenvalue weighted by molar-refractivity contribution is 6.36. The van der Waals surface area contributed by atoms with E-state index in [9.17, 15) is 22.8 Å². The molecule has 1 unspecified atom stereocenters. The molecule has 1 aromatic heterocycles. The lowest BCUT2D eigenvalue weighted by Crippen LogP contribution is -2.55. The van der Waals surface area contributed by atoms with Crippen molar-refractivity contribution in [1.82, 2.24) is 15.6 Å². The van der Waals surface area contributed by atoms with Crippen molar-refractivity contribution in [2.45, 2.75) is 69.4 Å². The van der Waals surface area contributed by atoms with Gasteiger partial charge in [0.1, 0.15) is 30.5 Å². The molecule has 0 aliphatic carbocycles. The molecule has 2 aromatic rings. The summed E-state index contributed by atoms with van der Waals surface area (Å²) in [6.45, 7) is 2.54. The molecule has 0 spiro atoms. The number of carbonyl (C=O) groups excluding carboxylic acids is 2. The van der Waals surface area contributed by atoms with Crippen LogP contribution in [0.3, 0.4) is 0 Å². The van der Waals surface area contributed by atoms with Crippen molar-refractivity contribution >= 4 is 40.8 Å². The molecule has 2 fully saturated rings. The highest BCUT2D eigenvalue weighted by Gasteiger charge is 2.43. The second-order valence-electron chi connectivity index (χ2n) is 10.8. The van der Waals surface area contributed by atoms with Crippen molar-refractivity contribution in [1.29, 1.82) is 0 Å². The summed E-state index contributed by atoms with van der Waals surface area (Å²) in [4.78, 5) is 31.9. The summed E-state index contributed by atoms with van der Waals surface area (Å²) in [5.41, 5.74) is -1.21. The van der Waals surface area contributed by atoms with Gasteiger partial charge in [-0.1, -0.05) is 23.2 Å². The Bertz CT molecular complexity index is 1270. The Morgan fingerprint density at radius 3 is 2.31 bits per heavy atom. The Morgan fingerprint density at radius 2 is 1.71 bits per heavy atom. The number of pyridine rings is 1. The van der Waals surface area contributed by atoms with Gasteiger partial charge in [0.2, 0.25) is 0 Å². The highest BCUT2D eigenvalue weighted by atomic mass is 35.5. The molecule has 2 saturated heterocycles. The van der Waals surface area contributed by atoms with Gasteiger partial charge >= 0.3 is 6.18 Å². The minimum atomic E-state index is -4.49. The minimum Gasteiger partial charge on any atom is -0.489 e. The maximum absolute atomic E-state index is 13.3. The van der Waals surface area contributed by atoms with Crippen molar-refractivity contribution in [2.75, 3.05) is 31.8 Å². The van der Waals surface area contributed by atoms with E-state index in [2.05, 4.69) is 15.2 Å². The van der Waals surface area contributed by atoms with E-state index in [-0.39, 0.29) is 47.0 Å². The predicted molar refractivity (Wildman–Crippen MR) is 152 cm³/mol. The van der Waals surface area contributed by atoms with Crippen LogP contribution in [-0.4, -0.2) is 73.6 Å². The second-order valence-corrected chi connectivity index (χ2v) is 11.6. The zero-order valence-electron chi connectivity index (χ0n) is 23.4. The lowest BCUT2D eigenvalue weighted by molar-refractivity contribution is -0.135. The number of hydrogen-bond donors (Lipinski definition) is 2. The fraction of sp³-hybridized carbons (Fsp3) is 0.536. The van der Waals surface area contributed by atoms with Crippen molar-refractivity contribution in [3.8, 4) is 11.5 Å². The number of halogens is 5. The first-order valence-electron chi connectivity index (χ1n) is 13.5. The lowest BCUT2D eigenvalue weighted by atomic mass is 9.96. The zero-order chi connectivity index (χ0) is 30.7. The van der Waals surface area contributed by atoms with Gasteiger partial charge in [0.05, 0.1) is 22.2 Å². The first-order valence-corrected chi connectivity index (χ1v) is 14.2. The van der Waals surface area contributed by atoms with Gasteiger partial charge in [-0.2, -0.15) is 13.2 Å². The summed E-state index contributed by atoms with van der Waals surface area (Å²) in [5, 5.41) is 5.51. The van der Waals surface area contributed by atoms with Gasteiger partial charge in [-0.05, 0) is 57.7 Å². The Kier molecular flexibility index (Phi) is 9.99. The number of rotatable bonds is 11. The molecule has 2 aliphatic rings. The van der Waals surface area contributed by atoms with E-state index in [4.69, 9.17) is 37.4 Å². The van der Waals surface area contributed by atoms with Gasteiger partial charge < -0.3 is 29.7 Å². The molecule has 3 atom stereocenters. The molecule has 9 nitrogen and oxygen atoms in total. The first kappa shape index (κ1) is 32.0. The molecule has 2 N–H and O–H groups in total. The fourth-order valence-electron chi connectivity index (χ4n) is 5.24. The van der Waals surface area contributed by atoms with Crippen LogP contribution in [0.4, 0.5) is 19.0 Å². The number of amides is 2. The average Bonchev–Trinajstić information content (AvgIpc) is 3.19. The summed E-state index contributed by atoms with van der Waals surface area (Å²) in [6.07, 6.45) is -0.0593. The second kappa shape index (κ2) is 13.1. The van der Waals surface area contributed by atoms with E-state index >= 15 is 0 Å². The molecule has 2 aliphatic heterocycles. The SMILES string of the molecule is COCCOc1cc(OC(C)(C)C(=O)NC2C[C@H]3CC[C@@H](C2)N3c2ccc(C(=O)NCC(F)(F)F)cn2)c(Cl)cc1Cl. The molecule has 42 heavy (non-hydrogen) atoms. The molecule has 2 bridgehead atoms. The Balaban J connectivity index is 1.35. The van der Waals surface area contributed by atoms with E-state index in [0.717, 1.165) is 12.8 Å². The van der Waals surface area contributed by atoms with E-state index in [1.54, 1.807) is 33.1 Å². The first-order chi connectivity index (χ1) is 19.8. The van der Waals surface area contributed by atoms with Crippen LogP contribution in [0, 0.1) is 0 Å². The number of carbonyl (C=O) groups is 2. The van der Waals surface area contributed by atoms with Gasteiger partial charge in [-0.15, -0.1) is 0 Å². The van der Waals surface area contributed by atoms with Crippen molar-refractivity contribution < 1.29 is 37.0 Å². The number of ether oxygens (including phenoxy) is 3. The fourth-order valence-corrected chi connectivity index (χ4v) is 5.72. The van der Waals surface area contributed by atoms with Crippen LogP contribution in [0.1, 0.15) is 49.9 Å². The molecule has 0 radical (unpaired) electrons. The molecule has 14 heteroatoms. The van der Waals surface area contributed by atoms with Crippen LogP contribution in [0.2, 0.25) is 10.0 Å². The van der Waals surface area contributed by atoms with Gasteiger partial charge in [0, 0.05) is 37.5 Å². The van der Waals surface area contributed by atoms with Gasteiger partial charge in [0.15, 0.2) is 5.60 Å². The van der Waals surface area contributed by atoms with E-state index < -0.39 is 24.2 Å². The summed E-state index contributed by atoms with van der Waals surface area (Å²) < 4.78 is 53.9. The summed E-state index contributed by atoms with van der Waals surface area (Å²) in [7, 11) is 1.56. The number of nitrogens with one attached hydrogen (secondary N) is 2. The molecular weight excluding hydrogens is 600 g/mol. The smallest absolute Gasteiger partial charge is 0.405 e. The van der Waals surface area contributed by atoms with E-state index in [1.807, 2.05) is 5.32 Å². The summed E-state index contributed by atoms with van der Waals surface area (Å²) in [6, 6.07) is 6.27. The summed E-state index contributed by atoms with van der Waals surface area (Å²) >= 11 is 12.6. The third-order valence-corrected chi connectivity index (χ3v) is 7.83. The van der Waals surface area contributed by atoms with Crippen LogP contribution >= 0.6 is 23.2 Å². The number of hydrogen-bond acceptors (Lipinski definition) is 7. The van der Waals surface area contributed by atoms with Gasteiger partial charge in [-0.25, -0.2) is 4.98 Å². The van der Waals surface area contributed by atoms with Crippen molar-refractivity contribution in [3.63, 3.8) is 0 Å². The Morgan fingerprint density at radius 1 is 1.05 bits per heavy atom. The third kappa shape index (κ3) is 7.90. The number of methoxy groups -OCH3 is 1. The Hall–Kier alpha value is -2.96. The quantitative estimate of drug-likeness (QED) is 0.329. The molecular formula is C28H33Cl2F3N4O5. The maximum atomic E-state index is 13.3. The van der Waals surface area contributed by atoms with Gasteiger partial charge in [0.25, 0.3) is 11.8 Å². The molecule has 1 aromatic carbocycles. The predicted octanol–water partition coefficient (Wildman–Crippen LogP) is 5.18. The highest BCUT2D eigenvalue weighted by Crippen LogP contribution is 2.40. The van der Waals surface area contributed by atoms with Crippen LogP contribution in [0.15, 0.2) is 30.5 Å². The van der Waals surface area contributed by atoms with E-state index in [1.165, 1.54) is 18.3 Å². The average molecular weight is 633 g/mol. The molecule has 3 heterocycles. The third-order valence-electron chi connectivity index (χ3n) is 7.24. The number of anilines is 1. The summed E-state index contributed by atoms with van der Waals surface area (Å²) in [5.74, 6) is 0.113. The number of aromatic nitrogens is 1. The largest absolute Gasteiger partial charge is 0.489 e. The van der Waals surface area contributed by atoms with Crippen LogP contribution in [-0.2, 0) is 9.53 Å². The standard InChI is InChI=1S/C28H33Cl2F3N4O5/c1-27(2,42-23-13-22(41-9-8-40-3)20(29)12-21(23)30)26(39)36-17-10-18-5-6-19(11-17)37(18)24-7-4-16(14-34-24)25(38)35-15-28(31,32)33/h4,7,12-14,17-19H,5-6,8-11,15H2,1-3H3,(H,35,38)(H,36,39)/t17?,18-,19+. The lowest BCUT2D eigenvalue weighted by Gasteiger charge is -2.40. The molecule has 2 amide bonds. The van der Waals surface area contributed by atoms with Crippen molar-refractivity contribution in [3.05, 3.63) is 46.1 Å².